The quantitative estimate of drug-likeness (QED) is 0.801. The number of aliphatic hydroxyl groups is 1. The Labute approximate surface area is 123 Å². The molecule has 20 heavy (non-hydrogen) atoms. The van der Waals surface area contributed by atoms with Crippen molar-refractivity contribution >= 4 is 5.82 Å². The first-order valence-electron chi connectivity index (χ1n) is 7.43. The van der Waals surface area contributed by atoms with Gasteiger partial charge < -0.3 is 15.3 Å². The summed E-state index contributed by atoms with van der Waals surface area (Å²) in [4.78, 5) is 2.29. The molecule has 0 bridgehead atoms. The first-order valence-corrected chi connectivity index (χ1v) is 7.43. The fourth-order valence-electron chi connectivity index (χ4n) is 2.32. The van der Waals surface area contributed by atoms with Crippen LogP contribution in [0.25, 0.3) is 0 Å². The minimum absolute atomic E-state index is 0.0850. The van der Waals surface area contributed by atoms with Crippen LogP contribution in [0.1, 0.15) is 45.4 Å². The van der Waals surface area contributed by atoms with Crippen LogP contribution in [0.2, 0.25) is 0 Å². The summed E-state index contributed by atoms with van der Waals surface area (Å²) in [6, 6.07) is 0. The second-order valence-electron chi connectivity index (χ2n) is 6.27. The summed E-state index contributed by atoms with van der Waals surface area (Å²) in [7, 11) is 1.99. The average Bonchev–Trinajstić information content (AvgIpc) is 2.62. The fraction of sp³-hybridized carbons (Fsp3) is 0.800. The summed E-state index contributed by atoms with van der Waals surface area (Å²) >= 11 is 0. The molecule has 1 aromatic heterocycles. The molecule has 0 aliphatic carbocycles. The van der Waals surface area contributed by atoms with Crippen molar-refractivity contribution in [3.63, 3.8) is 0 Å². The summed E-state index contributed by atoms with van der Waals surface area (Å²) in [5.41, 5.74) is 2.41. The maximum Gasteiger partial charge on any atom is 0.131 e. The number of anilines is 1. The lowest BCUT2D eigenvalue weighted by molar-refractivity contribution is 0.289. The van der Waals surface area contributed by atoms with Crippen LogP contribution < -0.4 is 10.2 Å². The van der Waals surface area contributed by atoms with Crippen molar-refractivity contribution in [2.24, 2.45) is 7.05 Å². The van der Waals surface area contributed by atoms with Crippen LogP contribution in [0, 0.1) is 6.92 Å². The van der Waals surface area contributed by atoms with Crippen molar-refractivity contribution in [1.29, 1.82) is 0 Å². The number of nitrogens with zero attached hydrogens (tertiary/aromatic N) is 3. The van der Waals surface area contributed by atoms with E-state index in [4.69, 9.17) is 5.11 Å². The van der Waals surface area contributed by atoms with Crippen LogP contribution in [0.5, 0.6) is 0 Å². The van der Waals surface area contributed by atoms with E-state index in [1.807, 2.05) is 11.7 Å². The first-order chi connectivity index (χ1) is 9.30. The van der Waals surface area contributed by atoms with Gasteiger partial charge in [-0.1, -0.05) is 0 Å². The van der Waals surface area contributed by atoms with Crippen LogP contribution in [0.15, 0.2) is 0 Å². The maximum atomic E-state index is 9.05. The summed E-state index contributed by atoms with van der Waals surface area (Å²) in [5.74, 6) is 1.16. The molecule has 1 heterocycles. The molecule has 116 valence electrons. The third-order valence-electron chi connectivity index (χ3n) is 3.38. The van der Waals surface area contributed by atoms with Crippen molar-refractivity contribution in [2.75, 3.05) is 24.6 Å². The summed E-state index contributed by atoms with van der Waals surface area (Å²) in [6.45, 7) is 13.5. The van der Waals surface area contributed by atoms with Gasteiger partial charge in [-0.3, -0.25) is 4.68 Å². The van der Waals surface area contributed by atoms with Crippen LogP contribution in [0.4, 0.5) is 5.82 Å². The van der Waals surface area contributed by atoms with Crippen molar-refractivity contribution < 1.29 is 5.11 Å². The number of aliphatic hydroxyl groups excluding tert-OH is 1. The van der Waals surface area contributed by atoms with Crippen LogP contribution >= 0.6 is 0 Å². The number of hydrogen-bond acceptors (Lipinski definition) is 4. The molecule has 2 N–H and O–H groups in total. The highest BCUT2D eigenvalue weighted by Gasteiger charge is 2.19. The van der Waals surface area contributed by atoms with Crippen molar-refractivity contribution in [3.8, 4) is 0 Å². The molecule has 5 nitrogen and oxygen atoms in total. The molecule has 0 saturated carbocycles. The summed E-state index contributed by atoms with van der Waals surface area (Å²) in [6.07, 6.45) is 0.782. The van der Waals surface area contributed by atoms with E-state index in [0.717, 1.165) is 37.6 Å². The maximum absolute atomic E-state index is 9.05. The summed E-state index contributed by atoms with van der Waals surface area (Å²) < 4.78 is 1.95. The van der Waals surface area contributed by atoms with E-state index in [2.05, 4.69) is 49.9 Å². The lowest BCUT2D eigenvalue weighted by Gasteiger charge is -2.26. The zero-order valence-electron chi connectivity index (χ0n) is 13.8. The second kappa shape index (κ2) is 7.09. The predicted octanol–water partition coefficient (Wildman–Crippen LogP) is 1.83. The van der Waals surface area contributed by atoms with E-state index in [1.165, 1.54) is 5.56 Å². The largest absolute Gasteiger partial charge is 0.396 e. The molecule has 0 amide bonds. The molecule has 0 spiro atoms. The van der Waals surface area contributed by atoms with Gasteiger partial charge in [-0.2, -0.15) is 5.10 Å². The molecule has 0 radical (unpaired) electrons. The number of aryl methyl sites for hydroxylation is 2. The van der Waals surface area contributed by atoms with Gasteiger partial charge in [0.2, 0.25) is 0 Å². The van der Waals surface area contributed by atoms with Crippen molar-refractivity contribution in [1.82, 2.24) is 15.1 Å². The Bertz CT molecular complexity index is 420. The zero-order valence-corrected chi connectivity index (χ0v) is 13.8. The van der Waals surface area contributed by atoms with Gasteiger partial charge in [-0.15, -0.1) is 0 Å². The molecular weight excluding hydrogens is 252 g/mol. The van der Waals surface area contributed by atoms with E-state index in [9.17, 15) is 0 Å². The van der Waals surface area contributed by atoms with Gasteiger partial charge in [0.25, 0.3) is 0 Å². The highest BCUT2D eigenvalue weighted by molar-refractivity contribution is 5.50. The minimum Gasteiger partial charge on any atom is -0.396 e. The molecule has 5 heteroatoms. The Hall–Kier alpha value is -1.07. The number of nitrogens with one attached hydrogen (secondary N) is 1. The molecule has 0 unspecified atom stereocenters. The van der Waals surface area contributed by atoms with Gasteiger partial charge in [0.05, 0.1) is 5.69 Å². The van der Waals surface area contributed by atoms with Gasteiger partial charge in [-0.25, -0.2) is 0 Å². The normalized spacial score (nSPS) is 11.9. The third kappa shape index (κ3) is 4.49. The first kappa shape index (κ1) is 17.0. The Kier molecular flexibility index (Phi) is 6.02. The van der Waals surface area contributed by atoms with E-state index in [0.29, 0.717) is 0 Å². The van der Waals surface area contributed by atoms with Crippen LogP contribution in [0.3, 0.4) is 0 Å². The van der Waals surface area contributed by atoms with Crippen molar-refractivity contribution in [3.05, 3.63) is 11.3 Å². The highest BCUT2D eigenvalue weighted by Crippen LogP contribution is 2.24. The van der Waals surface area contributed by atoms with Crippen molar-refractivity contribution in [2.45, 2.75) is 53.1 Å². The Morgan fingerprint density at radius 2 is 2.00 bits per heavy atom. The van der Waals surface area contributed by atoms with Crippen LogP contribution in [-0.4, -0.2) is 40.1 Å². The Balaban J connectivity index is 2.98. The smallest absolute Gasteiger partial charge is 0.131 e. The topological polar surface area (TPSA) is 53.3 Å². The predicted molar refractivity (Wildman–Crippen MR) is 84.1 cm³/mol. The molecule has 0 saturated heterocycles. The molecule has 1 aromatic rings. The summed E-state index contributed by atoms with van der Waals surface area (Å²) in [5, 5.41) is 17.1. The number of aromatic nitrogens is 2. The van der Waals surface area contributed by atoms with Gasteiger partial charge in [0, 0.05) is 44.4 Å². The molecule has 0 fully saturated rings. The molecular formula is C15H30N4O. The van der Waals surface area contributed by atoms with Gasteiger partial charge in [0.15, 0.2) is 0 Å². The Morgan fingerprint density at radius 1 is 1.35 bits per heavy atom. The highest BCUT2D eigenvalue weighted by atomic mass is 16.3. The SMILES string of the molecule is CCN(CCCO)c1c(CNC(C)(C)C)c(C)nn1C. The van der Waals surface area contributed by atoms with Gasteiger partial charge >= 0.3 is 0 Å². The third-order valence-corrected chi connectivity index (χ3v) is 3.38. The number of hydrogen-bond donors (Lipinski definition) is 2. The van der Waals surface area contributed by atoms with Gasteiger partial charge in [0.1, 0.15) is 5.82 Å². The lowest BCUT2D eigenvalue weighted by atomic mass is 10.1. The van der Waals surface area contributed by atoms with Gasteiger partial charge in [-0.05, 0) is 41.0 Å². The Morgan fingerprint density at radius 3 is 2.50 bits per heavy atom. The second-order valence-corrected chi connectivity index (χ2v) is 6.27. The fourth-order valence-corrected chi connectivity index (χ4v) is 2.32. The zero-order chi connectivity index (χ0) is 15.3. The minimum atomic E-state index is 0.0850. The molecule has 0 aromatic carbocycles. The number of rotatable bonds is 7. The molecule has 0 atom stereocenters. The van der Waals surface area contributed by atoms with E-state index < -0.39 is 0 Å². The monoisotopic (exact) mass is 282 g/mol. The average molecular weight is 282 g/mol. The van der Waals surface area contributed by atoms with E-state index >= 15 is 0 Å². The van der Waals surface area contributed by atoms with E-state index in [1.54, 1.807) is 0 Å². The standard InChI is InChI=1S/C15H30N4O/c1-7-19(9-8-10-20)14-13(11-16-15(3,4)5)12(2)17-18(14)6/h16,20H,7-11H2,1-6H3. The van der Waals surface area contributed by atoms with E-state index in [-0.39, 0.29) is 12.1 Å². The molecule has 0 aliphatic rings. The molecule has 0 aliphatic heterocycles. The molecule has 1 rings (SSSR count). The lowest BCUT2D eigenvalue weighted by Crippen LogP contribution is -2.36. The van der Waals surface area contributed by atoms with Crippen LogP contribution in [-0.2, 0) is 13.6 Å².